The number of carboxylic acids is 1. The molecule has 1 heterocycles. The van der Waals surface area contributed by atoms with Crippen molar-refractivity contribution in [2.75, 3.05) is 26.7 Å². The molecule has 5 heteroatoms. The zero-order valence-corrected chi connectivity index (χ0v) is 11.4. The number of rotatable bonds is 6. The van der Waals surface area contributed by atoms with Crippen molar-refractivity contribution in [2.45, 2.75) is 39.0 Å². The minimum atomic E-state index is -0.657. The largest absolute Gasteiger partial charge is 0.481 e. The van der Waals surface area contributed by atoms with Crippen LogP contribution in [0, 0.1) is 5.41 Å². The smallest absolute Gasteiger partial charge is 0.309 e. The van der Waals surface area contributed by atoms with Crippen molar-refractivity contribution >= 4 is 11.9 Å². The average molecular weight is 256 g/mol. The maximum absolute atomic E-state index is 11.4. The molecule has 18 heavy (non-hydrogen) atoms. The Morgan fingerprint density at radius 3 is 2.39 bits per heavy atom. The highest BCUT2D eigenvalue weighted by Crippen LogP contribution is 2.36. The van der Waals surface area contributed by atoms with E-state index in [2.05, 4.69) is 10.2 Å². The van der Waals surface area contributed by atoms with Crippen LogP contribution in [0.1, 0.15) is 39.0 Å². The lowest BCUT2D eigenvalue weighted by Crippen LogP contribution is -2.45. The maximum atomic E-state index is 11.4. The highest BCUT2D eigenvalue weighted by atomic mass is 16.4. The van der Waals surface area contributed by atoms with Gasteiger partial charge in [0.1, 0.15) is 0 Å². The number of carbonyl (C=O) groups is 2. The Kier molecular flexibility index (Phi) is 5.59. The Labute approximate surface area is 109 Å². The van der Waals surface area contributed by atoms with Crippen molar-refractivity contribution < 1.29 is 14.7 Å². The molecule has 0 aromatic heterocycles. The number of carbonyl (C=O) groups excluding carboxylic acids is 1. The predicted molar refractivity (Wildman–Crippen MR) is 69.3 cm³/mol. The molecule has 1 aliphatic rings. The fourth-order valence-corrected chi connectivity index (χ4v) is 2.64. The van der Waals surface area contributed by atoms with E-state index in [1.54, 1.807) is 7.05 Å². The van der Waals surface area contributed by atoms with E-state index in [9.17, 15) is 14.7 Å². The van der Waals surface area contributed by atoms with E-state index >= 15 is 0 Å². The number of piperidine rings is 1. The summed E-state index contributed by atoms with van der Waals surface area (Å²) in [5.74, 6) is -0.617. The molecule has 1 aliphatic heterocycles. The second kappa shape index (κ2) is 6.73. The first-order chi connectivity index (χ1) is 8.54. The van der Waals surface area contributed by atoms with Crippen molar-refractivity contribution in [3.05, 3.63) is 0 Å². The SMILES string of the molecule is CCCC1(C(=O)O)CCN(CCC(=O)NC)CC1. The molecular formula is C13H24N2O3. The summed E-state index contributed by atoms with van der Waals surface area (Å²) in [5, 5.41) is 12.0. The number of aliphatic carboxylic acids is 1. The summed E-state index contributed by atoms with van der Waals surface area (Å²) in [6, 6.07) is 0. The fraction of sp³-hybridized carbons (Fsp3) is 0.846. The van der Waals surface area contributed by atoms with Gasteiger partial charge in [0.25, 0.3) is 0 Å². The summed E-state index contributed by atoms with van der Waals surface area (Å²) in [5.41, 5.74) is -0.529. The van der Waals surface area contributed by atoms with Crippen LogP contribution in [-0.2, 0) is 9.59 Å². The lowest BCUT2D eigenvalue weighted by atomic mass is 9.75. The van der Waals surface area contributed by atoms with E-state index < -0.39 is 11.4 Å². The van der Waals surface area contributed by atoms with Crippen LogP contribution in [0.5, 0.6) is 0 Å². The van der Waals surface area contributed by atoms with Gasteiger partial charge in [-0.15, -0.1) is 0 Å². The zero-order valence-electron chi connectivity index (χ0n) is 11.4. The van der Waals surface area contributed by atoms with Crippen LogP contribution in [0.25, 0.3) is 0 Å². The number of nitrogens with one attached hydrogen (secondary N) is 1. The Bertz CT molecular complexity index is 297. The monoisotopic (exact) mass is 256 g/mol. The van der Waals surface area contributed by atoms with E-state index in [0.29, 0.717) is 19.3 Å². The van der Waals surface area contributed by atoms with Crippen molar-refractivity contribution in [1.29, 1.82) is 0 Å². The van der Waals surface area contributed by atoms with Gasteiger partial charge in [-0.25, -0.2) is 0 Å². The highest BCUT2D eigenvalue weighted by molar-refractivity contribution is 5.76. The lowest BCUT2D eigenvalue weighted by Gasteiger charge is -2.38. The summed E-state index contributed by atoms with van der Waals surface area (Å²) < 4.78 is 0. The normalized spacial score (nSPS) is 19.4. The summed E-state index contributed by atoms with van der Waals surface area (Å²) in [4.78, 5) is 24.7. The Morgan fingerprint density at radius 1 is 1.33 bits per heavy atom. The fourth-order valence-electron chi connectivity index (χ4n) is 2.64. The number of hydrogen-bond acceptors (Lipinski definition) is 3. The van der Waals surface area contributed by atoms with E-state index in [-0.39, 0.29) is 5.91 Å². The third-order valence-corrected chi connectivity index (χ3v) is 3.93. The Morgan fingerprint density at radius 2 is 1.94 bits per heavy atom. The molecule has 1 amide bonds. The van der Waals surface area contributed by atoms with E-state index in [4.69, 9.17) is 0 Å². The third-order valence-electron chi connectivity index (χ3n) is 3.93. The van der Waals surface area contributed by atoms with E-state index in [1.807, 2.05) is 6.92 Å². The van der Waals surface area contributed by atoms with Crippen LogP contribution < -0.4 is 5.32 Å². The molecule has 1 rings (SSSR count). The molecular weight excluding hydrogens is 232 g/mol. The van der Waals surface area contributed by atoms with Crippen LogP contribution in [0.15, 0.2) is 0 Å². The molecule has 0 bridgehead atoms. The molecule has 0 aromatic carbocycles. The molecule has 104 valence electrons. The van der Waals surface area contributed by atoms with Gasteiger partial charge in [-0.2, -0.15) is 0 Å². The molecule has 1 fully saturated rings. The molecule has 0 aliphatic carbocycles. The second-order valence-electron chi connectivity index (χ2n) is 5.10. The topological polar surface area (TPSA) is 69.6 Å². The molecule has 0 radical (unpaired) electrons. The first-order valence-electron chi connectivity index (χ1n) is 6.70. The van der Waals surface area contributed by atoms with Gasteiger partial charge in [0.2, 0.25) is 5.91 Å². The zero-order chi connectivity index (χ0) is 13.6. The Balaban J connectivity index is 2.43. The molecule has 1 saturated heterocycles. The van der Waals surface area contributed by atoms with E-state index in [0.717, 1.165) is 32.5 Å². The van der Waals surface area contributed by atoms with Gasteiger partial charge >= 0.3 is 5.97 Å². The van der Waals surface area contributed by atoms with Crippen molar-refractivity contribution in [3.63, 3.8) is 0 Å². The van der Waals surface area contributed by atoms with Crippen molar-refractivity contribution in [3.8, 4) is 0 Å². The maximum Gasteiger partial charge on any atom is 0.309 e. The van der Waals surface area contributed by atoms with Crippen LogP contribution >= 0.6 is 0 Å². The number of nitrogens with zero attached hydrogens (tertiary/aromatic N) is 1. The van der Waals surface area contributed by atoms with Gasteiger partial charge in [0.05, 0.1) is 5.41 Å². The summed E-state index contributed by atoms with van der Waals surface area (Å²) in [6.07, 6.45) is 3.55. The quantitative estimate of drug-likeness (QED) is 0.746. The number of hydrogen-bond donors (Lipinski definition) is 2. The molecule has 2 N–H and O–H groups in total. The first-order valence-corrected chi connectivity index (χ1v) is 6.70. The highest BCUT2D eigenvalue weighted by Gasteiger charge is 2.40. The van der Waals surface area contributed by atoms with Crippen molar-refractivity contribution in [1.82, 2.24) is 10.2 Å². The minimum absolute atomic E-state index is 0.0404. The number of likely N-dealkylation sites (tertiary alicyclic amines) is 1. The predicted octanol–water partition coefficient (Wildman–Crippen LogP) is 1.09. The Hall–Kier alpha value is -1.10. The molecule has 0 atom stereocenters. The summed E-state index contributed by atoms with van der Waals surface area (Å²) in [6.45, 7) is 4.32. The number of amides is 1. The minimum Gasteiger partial charge on any atom is -0.481 e. The van der Waals surface area contributed by atoms with E-state index in [1.165, 1.54) is 0 Å². The second-order valence-corrected chi connectivity index (χ2v) is 5.10. The van der Waals surface area contributed by atoms with Gasteiger partial charge in [0.15, 0.2) is 0 Å². The van der Waals surface area contributed by atoms with Crippen LogP contribution in [0.4, 0.5) is 0 Å². The first kappa shape index (κ1) is 15.0. The van der Waals surface area contributed by atoms with Crippen LogP contribution in [0.2, 0.25) is 0 Å². The molecule has 0 unspecified atom stereocenters. The van der Waals surface area contributed by atoms with Gasteiger partial charge in [-0.05, 0) is 32.4 Å². The van der Waals surface area contributed by atoms with Crippen LogP contribution in [0.3, 0.4) is 0 Å². The van der Waals surface area contributed by atoms with Gasteiger partial charge in [0, 0.05) is 20.0 Å². The van der Waals surface area contributed by atoms with Gasteiger partial charge in [-0.3, -0.25) is 9.59 Å². The number of carboxylic acid groups (broad SMARTS) is 1. The summed E-state index contributed by atoms with van der Waals surface area (Å²) in [7, 11) is 1.63. The van der Waals surface area contributed by atoms with Crippen LogP contribution in [-0.4, -0.2) is 48.6 Å². The molecule has 0 saturated carbocycles. The standard InChI is InChI=1S/C13H24N2O3/c1-3-5-13(12(17)18)6-9-15(10-7-13)8-4-11(16)14-2/h3-10H2,1-2H3,(H,14,16)(H,17,18). The molecule has 0 spiro atoms. The molecule has 5 nitrogen and oxygen atoms in total. The van der Waals surface area contributed by atoms with Gasteiger partial charge < -0.3 is 15.3 Å². The summed E-state index contributed by atoms with van der Waals surface area (Å²) >= 11 is 0. The lowest BCUT2D eigenvalue weighted by molar-refractivity contribution is -0.152. The molecule has 0 aromatic rings. The average Bonchev–Trinajstić information content (AvgIpc) is 2.37. The van der Waals surface area contributed by atoms with Gasteiger partial charge in [-0.1, -0.05) is 13.3 Å². The van der Waals surface area contributed by atoms with Crippen molar-refractivity contribution in [2.24, 2.45) is 5.41 Å². The third kappa shape index (κ3) is 3.70.